The Morgan fingerprint density at radius 1 is 1.29 bits per heavy atom. The Labute approximate surface area is 101 Å². The first-order valence-corrected chi connectivity index (χ1v) is 5.38. The summed E-state index contributed by atoms with van der Waals surface area (Å²) in [4.78, 5) is 2.87. The van der Waals surface area contributed by atoms with E-state index in [4.69, 9.17) is 17.3 Å². The van der Waals surface area contributed by atoms with Gasteiger partial charge in [-0.25, -0.2) is 0 Å². The molecule has 1 heterocycles. The highest BCUT2D eigenvalue weighted by molar-refractivity contribution is 6.35. The average molecular weight is 263 g/mol. The molecule has 2 aromatic rings. The molecule has 0 bridgehead atoms. The lowest BCUT2D eigenvalue weighted by molar-refractivity contribution is -0.136. The number of H-pyrrole nitrogens is 1. The zero-order valence-electron chi connectivity index (χ0n) is 8.74. The van der Waals surface area contributed by atoms with Crippen molar-refractivity contribution in [2.75, 3.05) is 6.54 Å². The molecule has 2 nitrogen and oxygen atoms in total. The fourth-order valence-electron chi connectivity index (χ4n) is 1.78. The van der Waals surface area contributed by atoms with E-state index in [2.05, 4.69) is 4.98 Å². The average Bonchev–Trinajstić information content (AvgIpc) is 2.61. The Balaban J connectivity index is 2.67. The highest BCUT2D eigenvalue weighted by Gasteiger charge is 2.33. The molecule has 0 aliphatic carbocycles. The van der Waals surface area contributed by atoms with Crippen LogP contribution in [0, 0.1) is 0 Å². The van der Waals surface area contributed by atoms with E-state index in [1.54, 1.807) is 0 Å². The summed E-state index contributed by atoms with van der Waals surface area (Å²) in [5.41, 5.74) is 5.65. The Hall–Kier alpha value is -1.20. The van der Waals surface area contributed by atoms with Gasteiger partial charge in [0, 0.05) is 11.1 Å². The Bertz CT molecular complexity index is 545. The number of alkyl halides is 3. The fraction of sp³-hybridized carbons (Fsp3) is 0.273. The third kappa shape index (κ3) is 2.25. The number of aromatic amines is 1. The van der Waals surface area contributed by atoms with Crippen LogP contribution in [-0.4, -0.2) is 11.5 Å². The van der Waals surface area contributed by atoms with Gasteiger partial charge in [0.2, 0.25) is 0 Å². The third-order valence-electron chi connectivity index (χ3n) is 2.52. The maximum absolute atomic E-state index is 12.8. The second-order valence-corrected chi connectivity index (χ2v) is 4.12. The molecule has 2 rings (SSSR count). The van der Waals surface area contributed by atoms with Crippen molar-refractivity contribution < 1.29 is 13.2 Å². The van der Waals surface area contributed by atoms with Crippen LogP contribution in [0.3, 0.4) is 0 Å². The van der Waals surface area contributed by atoms with Gasteiger partial charge in [0.1, 0.15) is 0 Å². The molecule has 0 unspecified atom stereocenters. The first-order chi connectivity index (χ1) is 7.93. The number of benzene rings is 1. The lowest BCUT2D eigenvalue weighted by Gasteiger charge is -2.08. The van der Waals surface area contributed by atoms with Crippen molar-refractivity contribution >= 4 is 22.5 Å². The Kier molecular flexibility index (Phi) is 3.05. The molecule has 1 aromatic carbocycles. The van der Waals surface area contributed by atoms with E-state index in [-0.39, 0.29) is 10.4 Å². The minimum Gasteiger partial charge on any atom is -0.357 e. The zero-order valence-corrected chi connectivity index (χ0v) is 9.49. The first-order valence-electron chi connectivity index (χ1n) is 5.01. The minimum absolute atomic E-state index is 0.0912. The lowest BCUT2D eigenvalue weighted by Crippen LogP contribution is -2.05. The molecule has 3 N–H and O–H groups in total. The van der Waals surface area contributed by atoms with Crippen LogP contribution in [0.1, 0.15) is 11.3 Å². The molecule has 0 aliphatic heterocycles. The van der Waals surface area contributed by atoms with Crippen LogP contribution in [0.2, 0.25) is 5.02 Å². The fourth-order valence-corrected chi connectivity index (χ4v) is 1.99. The number of rotatable bonds is 2. The summed E-state index contributed by atoms with van der Waals surface area (Å²) in [5, 5.41) is 0.365. The SMILES string of the molecule is NCCc1cc2c(C(F)(F)F)ccc(Cl)c2[nH]1. The highest BCUT2D eigenvalue weighted by Crippen LogP contribution is 2.37. The zero-order chi connectivity index (χ0) is 12.6. The van der Waals surface area contributed by atoms with Crippen LogP contribution in [-0.2, 0) is 12.6 Å². The van der Waals surface area contributed by atoms with Crippen LogP contribution >= 0.6 is 11.6 Å². The maximum atomic E-state index is 12.8. The maximum Gasteiger partial charge on any atom is 0.417 e. The number of hydrogen-bond acceptors (Lipinski definition) is 1. The Morgan fingerprint density at radius 3 is 2.59 bits per heavy atom. The van der Waals surface area contributed by atoms with Gasteiger partial charge in [-0.2, -0.15) is 13.2 Å². The summed E-state index contributed by atoms with van der Waals surface area (Å²) >= 11 is 5.86. The van der Waals surface area contributed by atoms with E-state index >= 15 is 0 Å². The van der Waals surface area contributed by atoms with Crippen molar-refractivity contribution in [1.82, 2.24) is 4.98 Å². The summed E-state index contributed by atoms with van der Waals surface area (Å²) in [6, 6.07) is 3.69. The predicted molar refractivity (Wildman–Crippen MR) is 61.1 cm³/mol. The number of nitrogens with two attached hydrogens (primary N) is 1. The molecule has 0 saturated carbocycles. The van der Waals surface area contributed by atoms with E-state index in [9.17, 15) is 13.2 Å². The van der Waals surface area contributed by atoms with Crippen molar-refractivity contribution in [2.45, 2.75) is 12.6 Å². The molecule has 0 spiro atoms. The molecule has 0 atom stereocenters. The van der Waals surface area contributed by atoms with Gasteiger partial charge in [0.05, 0.1) is 16.1 Å². The van der Waals surface area contributed by atoms with E-state index in [1.165, 1.54) is 12.1 Å². The topological polar surface area (TPSA) is 41.8 Å². The van der Waals surface area contributed by atoms with Gasteiger partial charge in [-0.3, -0.25) is 0 Å². The molecular weight excluding hydrogens is 253 g/mol. The van der Waals surface area contributed by atoms with Crippen molar-refractivity contribution in [3.63, 3.8) is 0 Å². The normalized spacial score (nSPS) is 12.3. The number of nitrogens with one attached hydrogen (secondary N) is 1. The molecule has 0 fully saturated rings. The van der Waals surface area contributed by atoms with Crippen LogP contribution in [0.15, 0.2) is 18.2 Å². The van der Waals surface area contributed by atoms with E-state index in [1.807, 2.05) is 0 Å². The molecule has 0 saturated heterocycles. The van der Waals surface area contributed by atoms with Crippen LogP contribution in [0.25, 0.3) is 10.9 Å². The quantitative estimate of drug-likeness (QED) is 0.856. The molecule has 92 valence electrons. The standard InChI is InChI=1S/C11H10ClF3N2/c12-9-2-1-8(11(13,14)15)7-5-6(3-4-16)17-10(7)9/h1-2,5,17H,3-4,16H2. The first kappa shape index (κ1) is 12.3. The second kappa shape index (κ2) is 4.23. The van der Waals surface area contributed by atoms with Gasteiger partial charge < -0.3 is 10.7 Å². The number of fused-ring (bicyclic) bond motifs is 1. The summed E-state index contributed by atoms with van der Waals surface area (Å²) in [6.45, 7) is 0.367. The lowest BCUT2D eigenvalue weighted by atomic mass is 10.1. The van der Waals surface area contributed by atoms with E-state index < -0.39 is 11.7 Å². The van der Waals surface area contributed by atoms with Crippen LogP contribution in [0.4, 0.5) is 13.2 Å². The highest BCUT2D eigenvalue weighted by atomic mass is 35.5. The number of hydrogen-bond donors (Lipinski definition) is 2. The van der Waals surface area contributed by atoms with Crippen molar-refractivity contribution in [3.05, 3.63) is 34.5 Å². The molecule has 17 heavy (non-hydrogen) atoms. The van der Waals surface area contributed by atoms with Gasteiger partial charge in [0.15, 0.2) is 0 Å². The molecule has 0 aliphatic rings. The summed E-state index contributed by atoms with van der Waals surface area (Å²) in [6.07, 6.45) is -3.90. The smallest absolute Gasteiger partial charge is 0.357 e. The molecular formula is C11H10ClF3N2. The van der Waals surface area contributed by atoms with Gasteiger partial charge in [0.25, 0.3) is 0 Å². The monoisotopic (exact) mass is 262 g/mol. The van der Waals surface area contributed by atoms with Gasteiger partial charge in [-0.1, -0.05) is 11.6 Å². The van der Waals surface area contributed by atoms with Gasteiger partial charge >= 0.3 is 6.18 Å². The van der Waals surface area contributed by atoms with Gasteiger partial charge in [-0.05, 0) is 31.2 Å². The van der Waals surface area contributed by atoms with Crippen molar-refractivity contribution in [1.29, 1.82) is 0 Å². The predicted octanol–water partition coefficient (Wildman–Crippen LogP) is 3.34. The summed E-state index contributed by atoms with van der Waals surface area (Å²) in [5.74, 6) is 0. The van der Waals surface area contributed by atoms with Crippen LogP contribution < -0.4 is 5.73 Å². The van der Waals surface area contributed by atoms with Crippen molar-refractivity contribution in [3.8, 4) is 0 Å². The second-order valence-electron chi connectivity index (χ2n) is 3.71. The largest absolute Gasteiger partial charge is 0.417 e. The molecule has 6 heteroatoms. The molecule has 0 radical (unpaired) electrons. The van der Waals surface area contributed by atoms with Gasteiger partial charge in [-0.15, -0.1) is 0 Å². The molecule has 0 amide bonds. The van der Waals surface area contributed by atoms with E-state index in [0.717, 1.165) is 6.07 Å². The minimum atomic E-state index is -4.38. The number of halogens is 4. The van der Waals surface area contributed by atoms with Crippen molar-refractivity contribution in [2.24, 2.45) is 5.73 Å². The summed E-state index contributed by atoms with van der Waals surface area (Å²) in [7, 11) is 0. The Morgan fingerprint density at radius 2 is 2.00 bits per heavy atom. The third-order valence-corrected chi connectivity index (χ3v) is 2.83. The van der Waals surface area contributed by atoms with E-state index in [0.29, 0.717) is 24.2 Å². The molecule has 1 aromatic heterocycles. The van der Waals surface area contributed by atoms with Crippen LogP contribution in [0.5, 0.6) is 0 Å². The summed E-state index contributed by atoms with van der Waals surface area (Å²) < 4.78 is 38.3. The number of aromatic nitrogens is 1.